The van der Waals surface area contributed by atoms with Gasteiger partial charge >= 0.3 is 0 Å². The van der Waals surface area contributed by atoms with Crippen LogP contribution in [0.25, 0.3) is 0 Å². The maximum atomic E-state index is 4.77. The fourth-order valence-corrected chi connectivity index (χ4v) is 3.96. The van der Waals surface area contributed by atoms with Gasteiger partial charge in [0.1, 0.15) is 18.5 Å². The first-order chi connectivity index (χ1) is 13.8. The topological polar surface area (TPSA) is 80.6 Å². The zero-order valence-corrected chi connectivity index (χ0v) is 14.9. The van der Waals surface area contributed by atoms with Crippen LogP contribution in [0.1, 0.15) is 17.0 Å². The summed E-state index contributed by atoms with van der Waals surface area (Å²) < 4.78 is 0. The number of aliphatic imine (C=N–C) groups is 6. The van der Waals surface area contributed by atoms with Gasteiger partial charge in [-0.15, -0.1) is 0 Å². The highest BCUT2D eigenvalue weighted by Gasteiger charge is 2.37. The number of benzene rings is 2. The van der Waals surface area contributed by atoms with Crippen LogP contribution >= 0.6 is 0 Å². The molecule has 0 aromatic heterocycles. The molecule has 0 saturated heterocycles. The molecule has 4 aliphatic heterocycles. The quantitative estimate of drug-likeness (QED) is 0.778. The average Bonchev–Trinajstić information content (AvgIpc) is 2.74. The lowest BCUT2D eigenvalue weighted by Crippen LogP contribution is -2.46. The van der Waals surface area contributed by atoms with Crippen LogP contribution in [0.2, 0.25) is 0 Å². The highest BCUT2D eigenvalue weighted by atomic mass is 15.5. The molecule has 2 aromatic carbocycles. The molecule has 0 amide bonds. The second-order valence-corrected chi connectivity index (χ2v) is 6.67. The fourth-order valence-electron chi connectivity index (χ4n) is 3.96. The van der Waals surface area contributed by atoms with Crippen molar-refractivity contribution in [3.63, 3.8) is 0 Å². The highest BCUT2D eigenvalue weighted by molar-refractivity contribution is 6.28. The third-order valence-electron chi connectivity index (χ3n) is 5.20. The minimum atomic E-state index is -0.114. The van der Waals surface area contributed by atoms with Crippen LogP contribution in [0.4, 0.5) is 11.4 Å². The molecule has 4 heterocycles. The number of fused-ring (bicyclic) bond motifs is 2. The number of nitrogens with zero attached hydrogens (tertiary/aromatic N) is 8. The fraction of sp³-hybridized carbons (Fsp3) is 0.100. The van der Waals surface area contributed by atoms with E-state index in [1.54, 1.807) is 4.90 Å². The summed E-state index contributed by atoms with van der Waals surface area (Å²) in [6.07, 6.45) is 2.93. The van der Waals surface area contributed by atoms with Crippen LogP contribution in [0.3, 0.4) is 0 Å². The minimum absolute atomic E-state index is 0.114. The Bertz CT molecular complexity index is 1150. The smallest absolute Gasteiger partial charge is 0.242 e. The van der Waals surface area contributed by atoms with E-state index in [0.29, 0.717) is 23.7 Å². The van der Waals surface area contributed by atoms with Gasteiger partial charge in [0.25, 0.3) is 0 Å². The molecule has 8 nitrogen and oxygen atoms in total. The average molecular weight is 366 g/mol. The molecule has 28 heavy (non-hydrogen) atoms. The van der Waals surface area contributed by atoms with Gasteiger partial charge in [-0.2, -0.15) is 9.98 Å². The van der Waals surface area contributed by atoms with Crippen LogP contribution in [-0.4, -0.2) is 48.3 Å². The number of hydrogen-bond acceptors (Lipinski definition) is 8. The second-order valence-electron chi connectivity index (χ2n) is 6.67. The van der Waals surface area contributed by atoms with E-state index in [9.17, 15) is 0 Å². The van der Waals surface area contributed by atoms with Crippen LogP contribution in [0, 0.1) is 0 Å². The summed E-state index contributed by atoms with van der Waals surface area (Å²) in [4.78, 5) is 30.4. The Morgan fingerprint density at radius 2 is 1.32 bits per heavy atom. The van der Waals surface area contributed by atoms with Gasteiger partial charge < -0.3 is 4.90 Å². The standard InChI is InChI=1S/C20H14N8/c1-27-14-8-4-2-6-12(14)16(13-7-3-5-9-15(13)27)17-25-19-23-10-21-18-22-11-24-20(26-17)28(18)19/h2-11,16H,1H3. The molecule has 4 aliphatic rings. The molecule has 0 N–H and O–H groups in total. The number of rotatable bonds is 1. The molecule has 8 heteroatoms. The van der Waals surface area contributed by atoms with Gasteiger partial charge in [-0.25, -0.2) is 24.9 Å². The number of anilines is 2. The van der Waals surface area contributed by atoms with Gasteiger partial charge in [0.05, 0.1) is 5.92 Å². The van der Waals surface area contributed by atoms with E-state index in [2.05, 4.69) is 56.2 Å². The van der Waals surface area contributed by atoms with Crippen LogP contribution in [0.15, 0.2) is 78.5 Å². The van der Waals surface area contributed by atoms with Gasteiger partial charge in [-0.3, -0.25) is 0 Å². The maximum Gasteiger partial charge on any atom is 0.242 e. The van der Waals surface area contributed by atoms with E-state index in [-0.39, 0.29) is 5.92 Å². The van der Waals surface area contributed by atoms with E-state index in [1.165, 1.54) is 12.7 Å². The van der Waals surface area contributed by atoms with E-state index in [0.717, 1.165) is 22.5 Å². The van der Waals surface area contributed by atoms with Crippen LogP contribution < -0.4 is 4.90 Å². The molecule has 2 aromatic rings. The number of para-hydroxylation sites is 2. The Morgan fingerprint density at radius 3 is 2.04 bits per heavy atom. The molecular weight excluding hydrogens is 352 g/mol. The summed E-state index contributed by atoms with van der Waals surface area (Å²) in [5.74, 6) is 1.99. The number of guanidine groups is 3. The Hall–Kier alpha value is -3.94. The first kappa shape index (κ1) is 15.2. The van der Waals surface area contributed by atoms with Gasteiger partial charge in [0.2, 0.25) is 17.9 Å². The third kappa shape index (κ3) is 1.99. The molecule has 0 radical (unpaired) electrons. The highest BCUT2D eigenvalue weighted by Crippen LogP contribution is 2.45. The molecule has 0 spiro atoms. The normalized spacial score (nSPS) is 19.2. The monoisotopic (exact) mass is 366 g/mol. The van der Waals surface area contributed by atoms with Gasteiger partial charge in [0.15, 0.2) is 0 Å². The van der Waals surface area contributed by atoms with E-state index in [4.69, 9.17) is 9.98 Å². The van der Waals surface area contributed by atoms with Crippen molar-refractivity contribution in [3.8, 4) is 0 Å². The zero-order valence-electron chi connectivity index (χ0n) is 14.9. The number of hydrogen-bond donors (Lipinski definition) is 0. The van der Waals surface area contributed by atoms with E-state index < -0.39 is 0 Å². The van der Waals surface area contributed by atoms with Crippen molar-refractivity contribution < 1.29 is 0 Å². The van der Waals surface area contributed by atoms with Crippen molar-refractivity contribution in [2.45, 2.75) is 5.92 Å². The molecule has 0 fully saturated rings. The predicted octanol–water partition coefficient (Wildman–Crippen LogP) is 2.77. The molecule has 0 atom stereocenters. The zero-order chi connectivity index (χ0) is 18.7. The number of amidine groups is 1. The summed E-state index contributed by atoms with van der Waals surface area (Å²) >= 11 is 0. The van der Waals surface area contributed by atoms with Gasteiger partial charge in [-0.1, -0.05) is 36.4 Å². The van der Waals surface area contributed by atoms with Crippen molar-refractivity contribution in [1.29, 1.82) is 0 Å². The van der Waals surface area contributed by atoms with Gasteiger partial charge in [-0.05, 0) is 23.3 Å². The molecule has 0 aliphatic carbocycles. The Labute approximate surface area is 160 Å². The molecule has 6 rings (SSSR count). The molecule has 134 valence electrons. The summed E-state index contributed by atoms with van der Waals surface area (Å²) in [6, 6.07) is 16.7. The SMILES string of the molecule is CN1c2ccccc2C(C2=NC3=NC=NC4=NC=NC(=N2)N43)c2ccccc21. The molecule has 0 unspecified atom stereocenters. The molecule has 0 saturated carbocycles. The Morgan fingerprint density at radius 1 is 0.714 bits per heavy atom. The van der Waals surface area contributed by atoms with Crippen molar-refractivity contribution in [2.75, 3.05) is 11.9 Å². The molecular formula is C20H14N8. The minimum Gasteiger partial charge on any atom is -0.344 e. The van der Waals surface area contributed by atoms with Crippen LogP contribution in [0.5, 0.6) is 0 Å². The predicted molar refractivity (Wildman–Crippen MR) is 111 cm³/mol. The summed E-state index contributed by atoms with van der Waals surface area (Å²) in [6.45, 7) is 0. The summed E-state index contributed by atoms with van der Waals surface area (Å²) in [5, 5.41) is 0. The van der Waals surface area contributed by atoms with Crippen molar-refractivity contribution in [2.24, 2.45) is 30.0 Å². The lowest BCUT2D eigenvalue weighted by Gasteiger charge is -2.36. The second kappa shape index (κ2) is 5.53. The maximum absolute atomic E-state index is 4.77. The van der Waals surface area contributed by atoms with E-state index >= 15 is 0 Å². The van der Waals surface area contributed by atoms with Crippen LogP contribution in [-0.2, 0) is 0 Å². The Kier molecular flexibility index (Phi) is 2.99. The first-order valence-electron chi connectivity index (χ1n) is 8.91. The first-order valence-corrected chi connectivity index (χ1v) is 8.91. The summed E-state index contributed by atoms with van der Waals surface area (Å²) in [7, 11) is 2.08. The lowest BCUT2D eigenvalue weighted by molar-refractivity contribution is 0.825. The van der Waals surface area contributed by atoms with Crippen molar-refractivity contribution >= 4 is 47.8 Å². The summed E-state index contributed by atoms with van der Waals surface area (Å²) in [5.41, 5.74) is 4.58. The van der Waals surface area contributed by atoms with Gasteiger partial charge in [0, 0.05) is 18.4 Å². The van der Waals surface area contributed by atoms with E-state index in [1.807, 2.05) is 24.3 Å². The largest absolute Gasteiger partial charge is 0.344 e. The lowest BCUT2D eigenvalue weighted by atomic mass is 9.84. The van der Waals surface area contributed by atoms with Crippen molar-refractivity contribution in [3.05, 3.63) is 59.7 Å². The Balaban J connectivity index is 1.58. The van der Waals surface area contributed by atoms with Crippen molar-refractivity contribution in [1.82, 2.24) is 4.90 Å². The molecule has 0 bridgehead atoms. The third-order valence-corrected chi connectivity index (χ3v) is 5.20.